The van der Waals surface area contributed by atoms with Crippen molar-refractivity contribution >= 4 is 48.0 Å². The molecule has 20 heavy (non-hydrogen) atoms. The van der Waals surface area contributed by atoms with Gasteiger partial charge in [0.15, 0.2) is 0 Å². The Labute approximate surface area is 133 Å². The molecule has 2 rings (SSSR count). The van der Waals surface area contributed by atoms with Crippen LogP contribution in [0.3, 0.4) is 0 Å². The van der Waals surface area contributed by atoms with E-state index in [4.69, 9.17) is 5.11 Å². The molecule has 0 saturated carbocycles. The summed E-state index contributed by atoms with van der Waals surface area (Å²) in [7, 11) is -3.69. The van der Waals surface area contributed by atoms with Gasteiger partial charge in [-0.15, -0.1) is 0 Å². The molecule has 1 atom stereocenters. The van der Waals surface area contributed by atoms with Gasteiger partial charge < -0.3 is 10.0 Å². The van der Waals surface area contributed by atoms with E-state index in [9.17, 15) is 13.2 Å². The highest BCUT2D eigenvalue weighted by Gasteiger charge is 2.30. The predicted molar refractivity (Wildman–Crippen MR) is 80.2 cm³/mol. The number of amides is 1. The molecule has 0 bridgehead atoms. The highest BCUT2D eigenvalue weighted by Crippen LogP contribution is 2.26. The van der Waals surface area contributed by atoms with Crippen LogP contribution in [0.1, 0.15) is 6.42 Å². The smallest absolute Gasteiger partial charge is 0.407 e. The quantitative estimate of drug-likeness (QED) is 0.774. The van der Waals surface area contributed by atoms with E-state index in [1.165, 1.54) is 11.0 Å². The monoisotopic (exact) mass is 426 g/mol. The van der Waals surface area contributed by atoms with Gasteiger partial charge in [-0.1, -0.05) is 15.9 Å². The molecule has 0 aliphatic carbocycles. The summed E-state index contributed by atoms with van der Waals surface area (Å²) in [6, 6.07) is 4.46. The zero-order valence-corrected chi connectivity index (χ0v) is 14.2. The number of rotatable bonds is 3. The number of carbonyl (C=O) groups is 1. The molecule has 1 saturated heterocycles. The lowest BCUT2D eigenvalue weighted by molar-refractivity contribution is 0.155. The highest BCUT2D eigenvalue weighted by atomic mass is 79.9. The molecule has 1 aliphatic rings. The van der Waals surface area contributed by atoms with Crippen LogP contribution in [0.4, 0.5) is 4.79 Å². The van der Waals surface area contributed by atoms with Gasteiger partial charge in [-0.05, 0) is 40.5 Å². The summed E-state index contributed by atoms with van der Waals surface area (Å²) >= 11 is 6.44. The molecule has 1 amide bonds. The Bertz CT molecular complexity index is 635. The molecule has 9 heteroatoms. The Balaban J connectivity index is 2.16. The summed E-state index contributed by atoms with van der Waals surface area (Å²) in [5.74, 6) is 0. The van der Waals surface area contributed by atoms with Crippen LogP contribution < -0.4 is 4.72 Å². The SMILES string of the molecule is O=C(O)N1CC[C@@H](NS(=O)(=O)c2cc(Br)ccc2Br)C1. The number of likely N-dealkylation sites (tertiary alicyclic amines) is 1. The second-order valence-electron chi connectivity index (χ2n) is 4.41. The van der Waals surface area contributed by atoms with E-state index in [0.29, 0.717) is 21.9 Å². The van der Waals surface area contributed by atoms with Gasteiger partial charge in [0, 0.05) is 28.1 Å². The predicted octanol–water partition coefficient (Wildman–Crippen LogP) is 2.24. The van der Waals surface area contributed by atoms with Crippen molar-refractivity contribution in [3.63, 3.8) is 0 Å². The summed E-state index contributed by atoms with van der Waals surface area (Å²) in [6.07, 6.45) is -0.563. The molecule has 6 nitrogen and oxygen atoms in total. The molecule has 0 radical (unpaired) electrons. The Morgan fingerprint density at radius 3 is 2.70 bits per heavy atom. The number of sulfonamides is 1. The minimum atomic E-state index is -3.69. The fraction of sp³-hybridized carbons (Fsp3) is 0.364. The first-order valence-corrected chi connectivity index (χ1v) is 8.82. The van der Waals surface area contributed by atoms with Crippen molar-refractivity contribution in [1.82, 2.24) is 9.62 Å². The molecule has 1 heterocycles. The van der Waals surface area contributed by atoms with Crippen molar-refractivity contribution in [2.24, 2.45) is 0 Å². The molecule has 1 aromatic rings. The van der Waals surface area contributed by atoms with Crippen molar-refractivity contribution in [3.8, 4) is 0 Å². The number of carboxylic acid groups (broad SMARTS) is 1. The zero-order chi connectivity index (χ0) is 14.9. The topological polar surface area (TPSA) is 86.7 Å². The molecule has 0 unspecified atom stereocenters. The molecule has 0 aromatic heterocycles. The number of nitrogens with one attached hydrogen (secondary N) is 1. The van der Waals surface area contributed by atoms with Crippen molar-refractivity contribution < 1.29 is 18.3 Å². The Morgan fingerprint density at radius 2 is 2.10 bits per heavy atom. The fourth-order valence-electron chi connectivity index (χ4n) is 2.00. The van der Waals surface area contributed by atoms with Gasteiger partial charge in [-0.3, -0.25) is 0 Å². The van der Waals surface area contributed by atoms with Crippen molar-refractivity contribution in [1.29, 1.82) is 0 Å². The van der Waals surface area contributed by atoms with E-state index < -0.39 is 22.2 Å². The van der Waals surface area contributed by atoms with E-state index in [1.807, 2.05) is 0 Å². The minimum absolute atomic E-state index is 0.126. The third-order valence-corrected chi connectivity index (χ3v) is 5.97. The number of hydrogen-bond donors (Lipinski definition) is 2. The van der Waals surface area contributed by atoms with Gasteiger partial charge in [0.1, 0.15) is 0 Å². The Kier molecular flexibility index (Phi) is 4.73. The molecule has 2 N–H and O–H groups in total. The Hall–Kier alpha value is -0.640. The molecule has 1 aliphatic heterocycles. The molecule has 0 spiro atoms. The fourth-order valence-corrected chi connectivity index (χ4v) is 4.76. The van der Waals surface area contributed by atoms with Crippen LogP contribution in [0.2, 0.25) is 0 Å². The summed E-state index contributed by atoms with van der Waals surface area (Å²) in [5, 5.41) is 8.86. The minimum Gasteiger partial charge on any atom is -0.465 e. The van der Waals surface area contributed by atoms with Gasteiger partial charge in [0.2, 0.25) is 10.0 Å². The van der Waals surface area contributed by atoms with Crippen LogP contribution in [-0.4, -0.2) is 43.6 Å². The van der Waals surface area contributed by atoms with E-state index in [1.54, 1.807) is 12.1 Å². The molecular formula is C11H12Br2N2O4S. The summed E-state index contributed by atoms with van der Waals surface area (Å²) < 4.78 is 28.3. The van der Waals surface area contributed by atoms with E-state index in [-0.39, 0.29) is 11.4 Å². The average molecular weight is 428 g/mol. The molecular weight excluding hydrogens is 416 g/mol. The largest absolute Gasteiger partial charge is 0.465 e. The van der Waals surface area contributed by atoms with Crippen LogP contribution in [-0.2, 0) is 10.0 Å². The average Bonchev–Trinajstić information content (AvgIpc) is 2.80. The van der Waals surface area contributed by atoms with Crippen LogP contribution >= 0.6 is 31.9 Å². The lowest BCUT2D eigenvalue weighted by Crippen LogP contribution is -2.38. The van der Waals surface area contributed by atoms with Crippen LogP contribution in [0, 0.1) is 0 Å². The van der Waals surface area contributed by atoms with Crippen molar-refractivity contribution in [2.45, 2.75) is 17.4 Å². The van der Waals surface area contributed by atoms with Gasteiger partial charge in [0.25, 0.3) is 0 Å². The normalized spacial score (nSPS) is 19.3. The van der Waals surface area contributed by atoms with Crippen LogP contribution in [0.25, 0.3) is 0 Å². The first kappa shape index (κ1) is 15.7. The number of hydrogen-bond acceptors (Lipinski definition) is 3. The summed E-state index contributed by atoms with van der Waals surface area (Å²) in [4.78, 5) is 12.1. The second kappa shape index (κ2) is 6.00. The van der Waals surface area contributed by atoms with E-state index in [0.717, 1.165) is 0 Å². The number of benzene rings is 1. The maximum Gasteiger partial charge on any atom is 0.407 e. The van der Waals surface area contributed by atoms with Gasteiger partial charge in [-0.25, -0.2) is 17.9 Å². The molecule has 110 valence electrons. The third-order valence-electron chi connectivity index (χ3n) is 2.96. The maximum atomic E-state index is 12.3. The molecule has 1 aromatic carbocycles. The summed E-state index contributed by atoms with van der Waals surface area (Å²) in [6.45, 7) is 0.502. The standard InChI is InChI=1S/C11H12Br2N2O4S/c12-7-1-2-9(13)10(5-7)20(18,19)14-8-3-4-15(6-8)11(16)17/h1-2,5,8,14H,3-4,6H2,(H,16,17)/t8-/m1/s1. The lowest BCUT2D eigenvalue weighted by atomic mass is 10.3. The van der Waals surface area contributed by atoms with Crippen LogP contribution in [0.15, 0.2) is 32.0 Å². The number of nitrogens with zero attached hydrogens (tertiary/aromatic N) is 1. The van der Waals surface area contributed by atoms with Gasteiger partial charge in [-0.2, -0.15) is 0 Å². The van der Waals surface area contributed by atoms with E-state index >= 15 is 0 Å². The lowest BCUT2D eigenvalue weighted by Gasteiger charge is -2.15. The van der Waals surface area contributed by atoms with Crippen LogP contribution in [0.5, 0.6) is 0 Å². The zero-order valence-electron chi connectivity index (χ0n) is 10.2. The van der Waals surface area contributed by atoms with Gasteiger partial charge >= 0.3 is 6.09 Å². The third kappa shape index (κ3) is 3.51. The number of halogens is 2. The maximum absolute atomic E-state index is 12.3. The Morgan fingerprint density at radius 1 is 1.40 bits per heavy atom. The first-order valence-electron chi connectivity index (χ1n) is 5.75. The van der Waals surface area contributed by atoms with Gasteiger partial charge in [0.05, 0.1) is 4.90 Å². The molecule has 1 fully saturated rings. The summed E-state index contributed by atoms with van der Waals surface area (Å²) in [5.41, 5.74) is 0. The van der Waals surface area contributed by atoms with E-state index in [2.05, 4.69) is 36.6 Å². The first-order chi connectivity index (χ1) is 9.29. The second-order valence-corrected chi connectivity index (χ2v) is 7.86. The van der Waals surface area contributed by atoms with Crippen molar-refractivity contribution in [2.75, 3.05) is 13.1 Å². The van der Waals surface area contributed by atoms with Crippen molar-refractivity contribution in [3.05, 3.63) is 27.1 Å². The highest BCUT2D eigenvalue weighted by molar-refractivity contribution is 9.11.